The second kappa shape index (κ2) is 6.50. The molecule has 1 N–H and O–H groups in total. The van der Waals surface area contributed by atoms with Gasteiger partial charge in [0.15, 0.2) is 0 Å². The lowest BCUT2D eigenvalue weighted by atomic mass is 9.96. The van der Waals surface area contributed by atoms with Gasteiger partial charge in [-0.2, -0.15) is 13.2 Å². The van der Waals surface area contributed by atoms with Crippen molar-refractivity contribution in [2.45, 2.75) is 30.5 Å². The standard InChI is InChI=1S/C16H15BrF3NO2S/c1-15(2,11-6-5-7-12(17)10-11)21-24(22,23)14-9-4-3-8-13(14)16(18,19)20/h3-10,21H,1-2H3. The number of benzene rings is 2. The number of hydrogen-bond acceptors (Lipinski definition) is 2. The summed E-state index contributed by atoms with van der Waals surface area (Å²) in [6, 6.07) is 11.0. The second-order valence-electron chi connectivity index (χ2n) is 5.73. The number of hydrogen-bond donors (Lipinski definition) is 1. The normalized spacial score (nSPS) is 13.1. The van der Waals surface area contributed by atoms with Crippen LogP contribution in [0.1, 0.15) is 25.0 Å². The minimum Gasteiger partial charge on any atom is -0.207 e. The Kier molecular flexibility index (Phi) is 5.13. The molecule has 0 spiro atoms. The molecular formula is C16H15BrF3NO2S. The smallest absolute Gasteiger partial charge is 0.207 e. The van der Waals surface area contributed by atoms with Crippen LogP contribution in [0.15, 0.2) is 57.9 Å². The van der Waals surface area contributed by atoms with Gasteiger partial charge in [-0.1, -0.05) is 40.2 Å². The Balaban J connectivity index is 2.46. The zero-order chi connectivity index (χ0) is 18.2. The molecule has 24 heavy (non-hydrogen) atoms. The van der Waals surface area contributed by atoms with Gasteiger partial charge in [0.25, 0.3) is 0 Å². The van der Waals surface area contributed by atoms with Crippen LogP contribution in [0.5, 0.6) is 0 Å². The monoisotopic (exact) mass is 421 g/mol. The Hall–Kier alpha value is -1.38. The minimum atomic E-state index is -4.76. The lowest BCUT2D eigenvalue weighted by Gasteiger charge is -2.27. The summed E-state index contributed by atoms with van der Waals surface area (Å²) in [5, 5.41) is 0. The molecule has 0 saturated carbocycles. The molecule has 0 radical (unpaired) electrons. The van der Waals surface area contributed by atoms with Crippen LogP contribution in [-0.2, 0) is 21.7 Å². The van der Waals surface area contributed by atoms with E-state index in [4.69, 9.17) is 0 Å². The highest BCUT2D eigenvalue weighted by Crippen LogP contribution is 2.35. The molecule has 2 aromatic carbocycles. The molecule has 0 aliphatic heterocycles. The van der Waals surface area contributed by atoms with Gasteiger partial charge in [0.2, 0.25) is 10.0 Å². The second-order valence-corrected chi connectivity index (χ2v) is 8.30. The van der Waals surface area contributed by atoms with Crippen molar-refractivity contribution in [2.24, 2.45) is 0 Å². The van der Waals surface area contributed by atoms with Crippen molar-refractivity contribution in [1.82, 2.24) is 4.72 Å². The predicted octanol–water partition coefficient (Wildman–Crippen LogP) is 4.68. The quantitative estimate of drug-likeness (QED) is 0.778. The number of nitrogens with one attached hydrogen (secondary N) is 1. The van der Waals surface area contributed by atoms with Crippen LogP contribution in [-0.4, -0.2) is 8.42 Å². The molecule has 0 bridgehead atoms. The summed E-state index contributed by atoms with van der Waals surface area (Å²) in [5.74, 6) is 0. The van der Waals surface area contributed by atoms with E-state index in [-0.39, 0.29) is 0 Å². The first-order valence-electron chi connectivity index (χ1n) is 6.90. The molecule has 0 saturated heterocycles. The summed E-state index contributed by atoms with van der Waals surface area (Å²) in [6.07, 6.45) is -4.76. The highest BCUT2D eigenvalue weighted by atomic mass is 79.9. The average molecular weight is 422 g/mol. The minimum absolute atomic E-state index is 0.616. The van der Waals surface area contributed by atoms with Crippen LogP contribution >= 0.6 is 15.9 Å². The van der Waals surface area contributed by atoms with E-state index in [0.717, 1.165) is 22.7 Å². The lowest BCUT2D eigenvalue weighted by molar-refractivity contribution is -0.139. The van der Waals surface area contributed by atoms with Gasteiger partial charge in [-0.25, -0.2) is 13.1 Å². The van der Waals surface area contributed by atoms with E-state index < -0.39 is 32.2 Å². The fourth-order valence-electron chi connectivity index (χ4n) is 2.26. The lowest BCUT2D eigenvalue weighted by Crippen LogP contribution is -2.41. The van der Waals surface area contributed by atoms with Crippen molar-refractivity contribution < 1.29 is 21.6 Å². The molecule has 0 amide bonds. The summed E-state index contributed by atoms with van der Waals surface area (Å²) in [5.41, 5.74) is -1.67. The van der Waals surface area contributed by atoms with Crippen LogP contribution in [0.4, 0.5) is 13.2 Å². The molecular weight excluding hydrogens is 407 g/mol. The van der Waals surface area contributed by atoms with E-state index in [2.05, 4.69) is 20.7 Å². The number of sulfonamides is 1. The molecule has 3 nitrogen and oxygen atoms in total. The first kappa shape index (κ1) is 19.0. The van der Waals surface area contributed by atoms with E-state index in [1.54, 1.807) is 38.1 Å². The zero-order valence-electron chi connectivity index (χ0n) is 12.9. The Morgan fingerprint density at radius 1 is 1.00 bits per heavy atom. The van der Waals surface area contributed by atoms with Crippen molar-refractivity contribution in [3.8, 4) is 0 Å². The van der Waals surface area contributed by atoms with Crippen LogP contribution in [0.2, 0.25) is 0 Å². The van der Waals surface area contributed by atoms with E-state index in [1.165, 1.54) is 6.07 Å². The van der Waals surface area contributed by atoms with Gasteiger partial charge in [-0.15, -0.1) is 0 Å². The molecule has 8 heteroatoms. The van der Waals surface area contributed by atoms with Crippen molar-refractivity contribution in [3.05, 3.63) is 64.1 Å². The highest BCUT2D eigenvalue weighted by molar-refractivity contribution is 9.10. The van der Waals surface area contributed by atoms with E-state index in [0.29, 0.717) is 5.56 Å². The summed E-state index contributed by atoms with van der Waals surface area (Å²) in [6.45, 7) is 3.17. The molecule has 130 valence electrons. The zero-order valence-corrected chi connectivity index (χ0v) is 15.3. The summed E-state index contributed by atoms with van der Waals surface area (Å²) >= 11 is 3.29. The average Bonchev–Trinajstić information content (AvgIpc) is 2.45. The van der Waals surface area contributed by atoms with Crippen molar-refractivity contribution in [3.63, 3.8) is 0 Å². The van der Waals surface area contributed by atoms with Crippen LogP contribution in [0.3, 0.4) is 0 Å². The predicted molar refractivity (Wildman–Crippen MR) is 88.9 cm³/mol. The first-order valence-corrected chi connectivity index (χ1v) is 9.17. The Morgan fingerprint density at radius 3 is 2.21 bits per heavy atom. The molecule has 0 aliphatic rings. The Morgan fingerprint density at radius 2 is 1.62 bits per heavy atom. The summed E-state index contributed by atoms with van der Waals surface area (Å²) in [7, 11) is -4.38. The summed E-state index contributed by atoms with van der Waals surface area (Å²) < 4.78 is 67.5. The van der Waals surface area contributed by atoms with Crippen LogP contribution < -0.4 is 4.72 Å². The topological polar surface area (TPSA) is 46.2 Å². The fourth-order valence-corrected chi connectivity index (χ4v) is 4.29. The molecule has 0 unspecified atom stereocenters. The molecule has 2 rings (SSSR count). The Bertz CT molecular complexity index is 848. The highest BCUT2D eigenvalue weighted by Gasteiger charge is 2.38. The molecule has 0 heterocycles. The molecule has 0 aromatic heterocycles. The molecule has 0 fully saturated rings. The van der Waals surface area contributed by atoms with Gasteiger partial charge in [0.05, 0.1) is 16.0 Å². The van der Waals surface area contributed by atoms with Gasteiger partial charge in [0, 0.05) is 4.47 Å². The molecule has 2 aromatic rings. The van der Waals surface area contributed by atoms with Gasteiger partial charge < -0.3 is 0 Å². The van der Waals surface area contributed by atoms with E-state index >= 15 is 0 Å². The van der Waals surface area contributed by atoms with Gasteiger partial charge in [0.1, 0.15) is 0 Å². The first-order chi connectivity index (χ1) is 10.9. The molecule has 0 atom stereocenters. The van der Waals surface area contributed by atoms with Gasteiger partial charge in [-0.3, -0.25) is 0 Å². The van der Waals surface area contributed by atoms with Crippen LogP contribution in [0.25, 0.3) is 0 Å². The maximum Gasteiger partial charge on any atom is 0.417 e. The largest absolute Gasteiger partial charge is 0.417 e. The maximum absolute atomic E-state index is 13.1. The van der Waals surface area contributed by atoms with Crippen LogP contribution in [0, 0.1) is 0 Å². The van der Waals surface area contributed by atoms with Crippen molar-refractivity contribution in [1.29, 1.82) is 0 Å². The third-order valence-corrected chi connectivity index (χ3v) is 5.63. The van der Waals surface area contributed by atoms with Crippen molar-refractivity contribution >= 4 is 26.0 Å². The fraction of sp³-hybridized carbons (Fsp3) is 0.250. The molecule has 0 aliphatic carbocycles. The van der Waals surface area contributed by atoms with Gasteiger partial charge >= 0.3 is 6.18 Å². The van der Waals surface area contributed by atoms with E-state index in [1.807, 2.05) is 0 Å². The van der Waals surface area contributed by atoms with E-state index in [9.17, 15) is 21.6 Å². The third kappa shape index (κ3) is 4.17. The maximum atomic E-state index is 13.1. The third-order valence-electron chi connectivity index (χ3n) is 3.42. The Labute approximate surface area is 147 Å². The summed E-state index contributed by atoms with van der Waals surface area (Å²) in [4.78, 5) is -0.791. The number of rotatable bonds is 4. The SMILES string of the molecule is CC(C)(NS(=O)(=O)c1ccccc1C(F)(F)F)c1cccc(Br)c1. The number of alkyl halides is 3. The van der Waals surface area contributed by atoms with Crippen molar-refractivity contribution in [2.75, 3.05) is 0 Å². The van der Waals surface area contributed by atoms with Gasteiger partial charge in [-0.05, 0) is 43.7 Å². The number of halogens is 4.